The molecule has 2 aliphatic rings. The number of nitrogens with two attached hydrogens (primary N) is 1. The van der Waals surface area contributed by atoms with Gasteiger partial charge in [-0.1, -0.05) is 0 Å². The first kappa shape index (κ1) is 9.47. The molecule has 2 saturated carbocycles. The van der Waals surface area contributed by atoms with Crippen molar-refractivity contribution in [3.05, 3.63) is 0 Å². The Morgan fingerprint density at radius 1 is 1.31 bits per heavy atom. The highest BCUT2D eigenvalue weighted by molar-refractivity contribution is 5.00. The average molecular weight is 183 g/mol. The second-order valence-electron chi connectivity index (χ2n) is 5.13. The monoisotopic (exact) mass is 183 g/mol. The van der Waals surface area contributed by atoms with Crippen molar-refractivity contribution in [2.45, 2.75) is 51.2 Å². The summed E-state index contributed by atoms with van der Waals surface area (Å²) in [6.07, 6.45) is 5.47. The van der Waals surface area contributed by atoms with E-state index in [4.69, 9.17) is 10.5 Å². The van der Waals surface area contributed by atoms with E-state index in [1.54, 1.807) is 0 Å². The van der Waals surface area contributed by atoms with Gasteiger partial charge in [0, 0.05) is 12.1 Å². The van der Waals surface area contributed by atoms with Crippen molar-refractivity contribution in [3.63, 3.8) is 0 Å². The molecule has 2 rings (SSSR count). The van der Waals surface area contributed by atoms with E-state index in [9.17, 15) is 0 Å². The van der Waals surface area contributed by atoms with E-state index in [0.717, 1.165) is 18.4 Å². The van der Waals surface area contributed by atoms with E-state index in [1.165, 1.54) is 25.7 Å². The van der Waals surface area contributed by atoms with Crippen LogP contribution in [0.25, 0.3) is 0 Å². The van der Waals surface area contributed by atoms with Crippen LogP contribution in [-0.4, -0.2) is 18.2 Å². The second-order valence-corrected chi connectivity index (χ2v) is 5.13. The third-order valence-corrected chi connectivity index (χ3v) is 3.66. The first-order valence-corrected chi connectivity index (χ1v) is 5.51. The number of ether oxygens (including phenoxy) is 1. The van der Waals surface area contributed by atoms with Crippen molar-refractivity contribution >= 4 is 0 Å². The van der Waals surface area contributed by atoms with E-state index >= 15 is 0 Å². The van der Waals surface area contributed by atoms with Gasteiger partial charge in [-0.25, -0.2) is 0 Å². The summed E-state index contributed by atoms with van der Waals surface area (Å²) in [6, 6.07) is 0. The van der Waals surface area contributed by atoms with Crippen LogP contribution in [0.2, 0.25) is 0 Å². The van der Waals surface area contributed by atoms with Crippen LogP contribution in [0.5, 0.6) is 0 Å². The van der Waals surface area contributed by atoms with Crippen LogP contribution in [0.3, 0.4) is 0 Å². The van der Waals surface area contributed by atoms with Gasteiger partial charge in [-0.05, 0) is 51.4 Å². The SMILES string of the molecule is CCOC1C[C@@H]2CC(C)(N)C[C@@H]2C1. The van der Waals surface area contributed by atoms with Gasteiger partial charge in [0.1, 0.15) is 0 Å². The minimum atomic E-state index is 0.118. The summed E-state index contributed by atoms with van der Waals surface area (Å²) in [5, 5.41) is 0. The molecule has 0 aliphatic heterocycles. The van der Waals surface area contributed by atoms with Crippen LogP contribution in [-0.2, 0) is 4.74 Å². The molecule has 0 aromatic rings. The van der Waals surface area contributed by atoms with E-state index in [2.05, 4.69) is 13.8 Å². The molecule has 2 fully saturated rings. The largest absolute Gasteiger partial charge is 0.378 e. The summed E-state index contributed by atoms with van der Waals surface area (Å²) in [4.78, 5) is 0. The van der Waals surface area contributed by atoms with E-state index in [-0.39, 0.29) is 5.54 Å². The topological polar surface area (TPSA) is 35.2 Å². The minimum Gasteiger partial charge on any atom is -0.378 e. The van der Waals surface area contributed by atoms with Crippen LogP contribution < -0.4 is 5.73 Å². The van der Waals surface area contributed by atoms with Crippen LogP contribution in [0.15, 0.2) is 0 Å². The quantitative estimate of drug-likeness (QED) is 0.710. The van der Waals surface area contributed by atoms with Crippen LogP contribution in [0, 0.1) is 11.8 Å². The van der Waals surface area contributed by atoms with Gasteiger partial charge in [0.15, 0.2) is 0 Å². The van der Waals surface area contributed by atoms with Crippen molar-refractivity contribution in [3.8, 4) is 0 Å². The molecule has 2 nitrogen and oxygen atoms in total. The lowest BCUT2D eigenvalue weighted by Crippen LogP contribution is -2.33. The van der Waals surface area contributed by atoms with Crippen LogP contribution in [0.1, 0.15) is 39.5 Å². The molecule has 0 spiro atoms. The molecule has 4 atom stereocenters. The van der Waals surface area contributed by atoms with Crippen molar-refractivity contribution in [1.82, 2.24) is 0 Å². The standard InChI is InChI=1S/C11H21NO/c1-3-13-10-4-8-6-11(2,12)7-9(8)5-10/h8-10H,3-7,12H2,1-2H3/t8-,9+,10?,11?. The number of hydrogen-bond donors (Lipinski definition) is 1. The van der Waals surface area contributed by atoms with Crippen LogP contribution in [0.4, 0.5) is 0 Å². The lowest BCUT2D eigenvalue weighted by Gasteiger charge is -2.20. The first-order valence-electron chi connectivity index (χ1n) is 5.51. The van der Waals surface area contributed by atoms with Crippen LogP contribution >= 0.6 is 0 Å². The maximum absolute atomic E-state index is 6.15. The summed E-state index contributed by atoms with van der Waals surface area (Å²) in [5.74, 6) is 1.71. The maximum Gasteiger partial charge on any atom is 0.0580 e. The minimum absolute atomic E-state index is 0.118. The molecule has 2 aliphatic carbocycles. The summed E-state index contributed by atoms with van der Waals surface area (Å²) in [6.45, 7) is 5.14. The fraction of sp³-hybridized carbons (Fsp3) is 1.00. The van der Waals surface area contributed by atoms with Gasteiger partial charge in [0.25, 0.3) is 0 Å². The molecule has 0 bridgehead atoms. The number of rotatable bonds is 2. The molecule has 2 unspecified atom stereocenters. The van der Waals surface area contributed by atoms with Gasteiger partial charge in [-0.15, -0.1) is 0 Å². The van der Waals surface area contributed by atoms with Crippen molar-refractivity contribution < 1.29 is 4.74 Å². The molecule has 0 aromatic heterocycles. The summed E-state index contributed by atoms with van der Waals surface area (Å²) in [5.41, 5.74) is 6.26. The Hall–Kier alpha value is -0.0800. The van der Waals surface area contributed by atoms with Gasteiger partial charge in [-0.2, -0.15) is 0 Å². The third-order valence-electron chi connectivity index (χ3n) is 3.66. The fourth-order valence-electron chi connectivity index (χ4n) is 3.31. The fourth-order valence-corrected chi connectivity index (χ4v) is 3.31. The second kappa shape index (κ2) is 3.25. The zero-order valence-electron chi connectivity index (χ0n) is 8.75. The van der Waals surface area contributed by atoms with Crippen molar-refractivity contribution in [2.75, 3.05) is 6.61 Å². The Labute approximate surface area is 80.8 Å². The summed E-state index contributed by atoms with van der Waals surface area (Å²) >= 11 is 0. The predicted molar refractivity (Wildman–Crippen MR) is 53.5 cm³/mol. The Kier molecular flexibility index (Phi) is 2.37. The lowest BCUT2D eigenvalue weighted by molar-refractivity contribution is 0.0605. The number of hydrogen-bond acceptors (Lipinski definition) is 2. The predicted octanol–water partition coefficient (Wildman–Crippen LogP) is 1.93. The van der Waals surface area contributed by atoms with Crippen molar-refractivity contribution in [2.24, 2.45) is 17.6 Å². The van der Waals surface area contributed by atoms with Gasteiger partial charge in [0.2, 0.25) is 0 Å². The Balaban J connectivity index is 1.90. The van der Waals surface area contributed by atoms with E-state index in [0.29, 0.717) is 6.10 Å². The Morgan fingerprint density at radius 3 is 2.31 bits per heavy atom. The highest BCUT2D eigenvalue weighted by Gasteiger charge is 2.45. The highest BCUT2D eigenvalue weighted by atomic mass is 16.5. The Morgan fingerprint density at radius 2 is 1.85 bits per heavy atom. The zero-order chi connectivity index (χ0) is 9.47. The average Bonchev–Trinajstić information content (AvgIpc) is 2.41. The van der Waals surface area contributed by atoms with E-state index in [1.807, 2.05) is 0 Å². The lowest BCUT2D eigenvalue weighted by atomic mass is 9.97. The van der Waals surface area contributed by atoms with Gasteiger partial charge in [0.05, 0.1) is 6.10 Å². The molecule has 2 N–H and O–H groups in total. The first-order chi connectivity index (χ1) is 6.11. The molecule has 76 valence electrons. The number of fused-ring (bicyclic) bond motifs is 1. The summed E-state index contributed by atoms with van der Waals surface area (Å²) < 4.78 is 5.67. The van der Waals surface area contributed by atoms with Gasteiger partial charge >= 0.3 is 0 Å². The maximum atomic E-state index is 6.15. The molecule has 0 heterocycles. The molecule has 2 heteroatoms. The molecule has 0 saturated heterocycles. The molecule has 0 amide bonds. The molecule has 13 heavy (non-hydrogen) atoms. The normalized spacial score (nSPS) is 49.6. The van der Waals surface area contributed by atoms with Gasteiger partial charge in [-0.3, -0.25) is 0 Å². The smallest absolute Gasteiger partial charge is 0.0580 e. The molecule has 0 radical (unpaired) electrons. The molecular formula is C11H21NO. The molecular weight excluding hydrogens is 162 g/mol. The van der Waals surface area contributed by atoms with Gasteiger partial charge < -0.3 is 10.5 Å². The van der Waals surface area contributed by atoms with Crippen molar-refractivity contribution in [1.29, 1.82) is 0 Å². The molecule has 0 aromatic carbocycles. The third kappa shape index (κ3) is 1.89. The van der Waals surface area contributed by atoms with E-state index < -0.39 is 0 Å². The highest BCUT2D eigenvalue weighted by Crippen LogP contribution is 2.48. The zero-order valence-corrected chi connectivity index (χ0v) is 8.75. The summed E-state index contributed by atoms with van der Waals surface area (Å²) in [7, 11) is 0. The Bertz CT molecular complexity index is 175.